The van der Waals surface area contributed by atoms with Gasteiger partial charge in [0.25, 0.3) is 11.5 Å². The van der Waals surface area contributed by atoms with E-state index in [4.69, 9.17) is 15.2 Å². The second-order valence-corrected chi connectivity index (χ2v) is 6.86. The summed E-state index contributed by atoms with van der Waals surface area (Å²) in [6.45, 7) is 5.34. The number of pyridine rings is 1. The molecular weight excluding hydrogens is 403 g/mol. The van der Waals surface area contributed by atoms with Crippen LogP contribution in [0, 0.1) is 0 Å². The van der Waals surface area contributed by atoms with E-state index >= 15 is 0 Å². The lowest BCUT2D eigenvalue weighted by Gasteiger charge is -2.34. The highest BCUT2D eigenvalue weighted by molar-refractivity contribution is 5.93. The minimum absolute atomic E-state index is 0.0950. The number of halogens is 3. The Labute approximate surface area is 170 Å². The number of morpholine rings is 1. The highest BCUT2D eigenvalue weighted by atomic mass is 19.4. The van der Waals surface area contributed by atoms with Gasteiger partial charge < -0.3 is 20.2 Å². The summed E-state index contributed by atoms with van der Waals surface area (Å²) < 4.78 is 51.4. The molecule has 0 spiro atoms. The van der Waals surface area contributed by atoms with Crippen LogP contribution in [0.5, 0.6) is 5.75 Å². The molecule has 2 aromatic rings. The van der Waals surface area contributed by atoms with Crippen LogP contribution in [-0.2, 0) is 10.9 Å². The zero-order valence-electron chi connectivity index (χ0n) is 16.3. The lowest BCUT2D eigenvalue weighted by Crippen LogP contribution is -2.48. The van der Waals surface area contributed by atoms with Crippen molar-refractivity contribution in [2.24, 2.45) is 5.73 Å². The van der Waals surface area contributed by atoms with Gasteiger partial charge >= 0.3 is 6.18 Å². The molecule has 1 aromatic heterocycles. The summed E-state index contributed by atoms with van der Waals surface area (Å²) in [5, 5.41) is 0. The number of ether oxygens (including phenoxy) is 2. The third-order valence-corrected chi connectivity index (χ3v) is 4.95. The standard InChI is InChI=1S/C20H22F3N3O4/c1-2-26-7-8-29-10-13(26)11-30-14-5-3-12(4-6-14)15-9-16(18(24)27)19(28)25-17(15)20(21,22)23/h3-6,9,13H,2,7-8,10-11H2,1H3,(H2,24,27)(H,25,28). The molecule has 1 aliphatic heterocycles. The normalized spacial score (nSPS) is 17.7. The maximum Gasteiger partial charge on any atom is 0.431 e. The average Bonchev–Trinajstić information content (AvgIpc) is 2.71. The summed E-state index contributed by atoms with van der Waals surface area (Å²) in [6.07, 6.45) is -4.82. The fourth-order valence-corrected chi connectivity index (χ4v) is 3.35. The molecular formula is C20H22F3N3O4. The van der Waals surface area contributed by atoms with Gasteiger partial charge in [0.05, 0.1) is 19.3 Å². The summed E-state index contributed by atoms with van der Waals surface area (Å²) >= 11 is 0. The van der Waals surface area contributed by atoms with E-state index < -0.39 is 28.9 Å². The van der Waals surface area contributed by atoms with Crippen molar-refractivity contribution in [3.05, 3.63) is 51.9 Å². The molecule has 2 heterocycles. The van der Waals surface area contributed by atoms with E-state index in [-0.39, 0.29) is 17.2 Å². The van der Waals surface area contributed by atoms with Crippen LogP contribution < -0.4 is 16.0 Å². The third-order valence-electron chi connectivity index (χ3n) is 4.95. The first kappa shape index (κ1) is 21.8. The summed E-state index contributed by atoms with van der Waals surface area (Å²) in [5.41, 5.74) is 1.93. The molecule has 3 N–H and O–H groups in total. The van der Waals surface area contributed by atoms with E-state index in [1.165, 1.54) is 24.3 Å². The molecule has 1 aromatic carbocycles. The summed E-state index contributed by atoms with van der Waals surface area (Å²) in [6, 6.07) is 6.88. The van der Waals surface area contributed by atoms with Gasteiger partial charge in [0.15, 0.2) is 0 Å². The van der Waals surface area contributed by atoms with Crippen LogP contribution in [0.25, 0.3) is 11.1 Å². The molecule has 30 heavy (non-hydrogen) atoms. The van der Waals surface area contributed by atoms with Gasteiger partial charge in [-0.05, 0) is 30.3 Å². The van der Waals surface area contributed by atoms with Crippen molar-refractivity contribution in [2.75, 3.05) is 32.9 Å². The molecule has 1 aliphatic rings. The van der Waals surface area contributed by atoms with Crippen molar-refractivity contribution in [3.8, 4) is 16.9 Å². The molecule has 0 saturated carbocycles. The summed E-state index contributed by atoms with van der Waals surface area (Å²) in [7, 11) is 0. The number of nitrogens with two attached hydrogens (primary N) is 1. The molecule has 10 heteroatoms. The monoisotopic (exact) mass is 425 g/mol. The fourth-order valence-electron chi connectivity index (χ4n) is 3.35. The van der Waals surface area contributed by atoms with Crippen molar-refractivity contribution in [1.82, 2.24) is 9.88 Å². The Kier molecular flexibility index (Phi) is 6.47. The van der Waals surface area contributed by atoms with Crippen LogP contribution in [0.1, 0.15) is 23.0 Å². The van der Waals surface area contributed by atoms with Gasteiger partial charge in [-0.2, -0.15) is 13.2 Å². The first-order valence-electron chi connectivity index (χ1n) is 9.40. The van der Waals surface area contributed by atoms with Crippen molar-refractivity contribution in [2.45, 2.75) is 19.1 Å². The molecule has 1 saturated heterocycles. The van der Waals surface area contributed by atoms with Gasteiger partial charge in [0.2, 0.25) is 0 Å². The quantitative estimate of drug-likeness (QED) is 0.740. The second-order valence-electron chi connectivity index (χ2n) is 6.86. The first-order chi connectivity index (χ1) is 14.2. The lowest BCUT2D eigenvalue weighted by atomic mass is 10.0. The minimum Gasteiger partial charge on any atom is -0.492 e. The highest BCUT2D eigenvalue weighted by Crippen LogP contribution is 2.35. The van der Waals surface area contributed by atoms with Crippen molar-refractivity contribution < 1.29 is 27.4 Å². The number of H-pyrrole nitrogens is 1. The van der Waals surface area contributed by atoms with Gasteiger partial charge in [-0.3, -0.25) is 14.5 Å². The van der Waals surface area contributed by atoms with Crippen LogP contribution >= 0.6 is 0 Å². The SMILES string of the molecule is CCN1CCOCC1COc1ccc(-c2cc(C(N)=O)c(=O)[nH]c2C(F)(F)F)cc1. The molecule has 0 bridgehead atoms. The van der Waals surface area contributed by atoms with E-state index in [9.17, 15) is 22.8 Å². The maximum absolute atomic E-state index is 13.4. The third kappa shape index (κ3) is 4.82. The van der Waals surface area contributed by atoms with Crippen molar-refractivity contribution in [3.63, 3.8) is 0 Å². The van der Waals surface area contributed by atoms with E-state index in [2.05, 4.69) is 11.8 Å². The van der Waals surface area contributed by atoms with Gasteiger partial charge in [-0.25, -0.2) is 0 Å². The van der Waals surface area contributed by atoms with Gasteiger partial charge in [0, 0.05) is 12.1 Å². The molecule has 7 nitrogen and oxygen atoms in total. The molecule has 1 atom stereocenters. The molecule has 1 fully saturated rings. The first-order valence-corrected chi connectivity index (χ1v) is 9.40. The van der Waals surface area contributed by atoms with Crippen LogP contribution in [0.15, 0.2) is 35.1 Å². The zero-order chi connectivity index (χ0) is 21.9. The smallest absolute Gasteiger partial charge is 0.431 e. The number of nitrogens with zero attached hydrogens (tertiary/aromatic N) is 1. The average molecular weight is 425 g/mol. The molecule has 162 valence electrons. The Morgan fingerprint density at radius 1 is 1.33 bits per heavy atom. The Morgan fingerprint density at radius 2 is 2.03 bits per heavy atom. The molecule has 3 rings (SSSR count). The number of rotatable bonds is 6. The van der Waals surface area contributed by atoms with E-state index in [1.54, 1.807) is 4.98 Å². The lowest BCUT2D eigenvalue weighted by molar-refractivity contribution is -0.140. The maximum atomic E-state index is 13.4. The number of hydrogen-bond acceptors (Lipinski definition) is 5. The number of carbonyl (C=O) groups excluding carboxylic acids is 1. The number of amides is 1. The number of likely N-dealkylation sites (N-methyl/N-ethyl adjacent to an activating group) is 1. The number of hydrogen-bond donors (Lipinski definition) is 2. The van der Waals surface area contributed by atoms with Gasteiger partial charge in [0.1, 0.15) is 23.6 Å². The zero-order valence-corrected chi connectivity index (χ0v) is 16.3. The number of carbonyl (C=O) groups is 1. The van der Waals surface area contributed by atoms with E-state index in [0.29, 0.717) is 25.6 Å². The van der Waals surface area contributed by atoms with E-state index in [0.717, 1.165) is 19.2 Å². The number of aromatic nitrogens is 1. The van der Waals surface area contributed by atoms with Crippen molar-refractivity contribution >= 4 is 5.91 Å². The Morgan fingerprint density at radius 3 is 2.63 bits per heavy atom. The second kappa shape index (κ2) is 8.88. The van der Waals surface area contributed by atoms with E-state index in [1.807, 2.05) is 0 Å². The Hall–Kier alpha value is -2.85. The number of alkyl halides is 3. The minimum atomic E-state index is -4.82. The van der Waals surface area contributed by atoms with Crippen LogP contribution in [-0.4, -0.2) is 54.7 Å². The molecule has 1 amide bonds. The predicted octanol–water partition coefficient (Wildman–Crippen LogP) is 2.26. The van der Waals surface area contributed by atoms with Gasteiger partial charge in [-0.1, -0.05) is 19.1 Å². The Bertz CT molecular complexity index is 957. The fraction of sp³-hybridized carbons (Fsp3) is 0.400. The Balaban J connectivity index is 1.84. The number of primary amides is 1. The van der Waals surface area contributed by atoms with Crippen LogP contribution in [0.3, 0.4) is 0 Å². The largest absolute Gasteiger partial charge is 0.492 e. The van der Waals surface area contributed by atoms with Crippen molar-refractivity contribution in [1.29, 1.82) is 0 Å². The number of nitrogens with one attached hydrogen (secondary N) is 1. The highest BCUT2D eigenvalue weighted by Gasteiger charge is 2.36. The summed E-state index contributed by atoms with van der Waals surface area (Å²) in [5.74, 6) is -0.630. The van der Waals surface area contributed by atoms with Crippen LogP contribution in [0.2, 0.25) is 0 Å². The molecule has 0 radical (unpaired) electrons. The topological polar surface area (TPSA) is 97.6 Å². The predicted molar refractivity (Wildman–Crippen MR) is 103 cm³/mol. The van der Waals surface area contributed by atoms with Crippen LogP contribution in [0.4, 0.5) is 13.2 Å². The summed E-state index contributed by atoms with van der Waals surface area (Å²) in [4.78, 5) is 27.1. The number of benzene rings is 1. The molecule has 0 aliphatic carbocycles. The van der Waals surface area contributed by atoms with Gasteiger partial charge in [-0.15, -0.1) is 0 Å². The molecule has 1 unspecified atom stereocenters. The number of aromatic amines is 1.